The minimum atomic E-state index is -0.161. The smallest absolute Gasteiger partial charge is 0.275 e. The van der Waals surface area contributed by atoms with Crippen LogP contribution in [0.15, 0.2) is 36.7 Å². The fourth-order valence-electron chi connectivity index (χ4n) is 3.10. The van der Waals surface area contributed by atoms with E-state index in [-0.39, 0.29) is 11.9 Å². The number of quaternary nitrogens is 1. The summed E-state index contributed by atoms with van der Waals surface area (Å²) < 4.78 is 0. The lowest BCUT2D eigenvalue weighted by atomic mass is 10.1. The summed E-state index contributed by atoms with van der Waals surface area (Å²) in [6, 6.07) is 6.97. The Balaban J connectivity index is 1.48. The topological polar surface area (TPSA) is 62.6 Å². The Bertz CT molecular complexity index is 751. The third kappa shape index (κ3) is 4.84. The number of nitrogens with one attached hydrogen (secondary N) is 2. The predicted molar refractivity (Wildman–Crippen MR) is 103 cm³/mol. The lowest BCUT2D eigenvalue weighted by Crippen LogP contribution is -3.16. The number of carbonyl (C=O) groups is 1. The fourth-order valence-corrected chi connectivity index (χ4v) is 3.68. The maximum absolute atomic E-state index is 12.4. The van der Waals surface area contributed by atoms with Gasteiger partial charge in [-0.25, -0.2) is 9.97 Å². The maximum Gasteiger partial charge on any atom is 0.275 e. The molecule has 0 radical (unpaired) electrons. The van der Waals surface area contributed by atoms with Gasteiger partial charge >= 0.3 is 0 Å². The number of anilines is 1. The van der Waals surface area contributed by atoms with Crippen molar-refractivity contribution in [3.05, 3.63) is 52.3 Å². The molecule has 2 heterocycles. The quantitative estimate of drug-likeness (QED) is 0.803. The Morgan fingerprint density at radius 1 is 1.27 bits per heavy atom. The van der Waals surface area contributed by atoms with Crippen LogP contribution >= 0.6 is 23.2 Å². The van der Waals surface area contributed by atoms with E-state index in [0.29, 0.717) is 16.6 Å². The predicted octanol–water partition coefficient (Wildman–Crippen LogP) is 1.37. The van der Waals surface area contributed by atoms with Crippen LogP contribution in [0.2, 0.25) is 10.0 Å². The molecule has 1 aliphatic rings. The summed E-state index contributed by atoms with van der Waals surface area (Å²) in [5.74, 6) is 0.768. The second-order valence-corrected chi connectivity index (χ2v) is 7.26. The average Bonchev–Trinajstić information content (AvgIpc) is 2.63. The van der Waals surface area contributed by atoms with Crippen LogP contribution in [0.3, 0.4) is 0 Å². The van der Waals surface area contributed by atoms with Gasteiger partial charge in [-0.1, -0.05) is 29.3 Å². The van der Waals surface area contributed by atoms with Crippen molar-refractivity contribution in [3.63, 3.8) is 0 Å². The zero-order valence-electron chi connectivity index (χ0n) is 14.6. The monoisotopic (exact) mass is 394 g/mol. The molecule has 26 heavy (non-hydrogen) atoms. The minimum absolute atomic E-state index is 0.0166. The molecule has 1 saturated heterocycles. The van der Waals surface area contributed by atoms with Gasteiger partial charge in [0.05, 0.1) is 32.2 Å². The lowest BCUT2D eigenvalue weighted by Gasteiger charge is -2.32. The summed E-state index contributed by atoms with van der Waals surface area (Å²) in [5.41, 5.74) is 0.866. The van der Waals surface area contributed by atoms with E-state index in [4.69, 9.17) is 23.2 Å². The first-order chi connectivity index (χ1) is 12.5. The van der Waals surface area contributed by atoms with Gasteiger partial charge in [0.2, 0.25) is 5.95 Å². The normalized spacial score (nSPS) is 16.3. The Hall–Kier alpha value is -1.89. The minimum Gasteiger partial charge on any atom is -0.345 e. The number of hydrogen-bond acceptors (Lipinski definition) is 4. The van der Waals surface area contributed by atoms with Crippen LogP contribution in [0.5, 0.6) is 0 Å². The van der Waals surface area contributed by atoms with E-state index < -0.39 is 0 Å². The summed E-state index contributed by atoms with van der Waals surface area (Å²) in [5, 5.41) is 4.17. The van der Waals surface area contributed by atoms with Crippen LogP contribution in [-0.2, 0) is 4.79 Å². The Kier molecular flexibility index (Phi) is 6.29. The third-order valence-corrected chi connectivity index (χ3v) is 5.09. The maximum atomic E-state index is 12.4. The first kappa shape index (κ1) is 18.9. The number of carbonyl (C=O) groups excluding carboxylic acids is 1. The summed E-state index contributed by atoms with van der Waals surface area (Å²) in [6.45, 7) is 5.80. The molecule has 0 aliphatic carbocycles. The highest BCUT2D eigenvalue weighted by molar-refractivity contribution is 6.35. The number of aromatic nitrogens is 2. The highest BCUT2D eigenvalue weighted by Crippen LogP contribution is 2.25. The van der Waals surface area contributed by atoms with Crippen LogP contribution in [0.4, 0.5) is 5.95 Å². The highest BCUT2D eigenvalue weighted by atomic mass is 35.5. The van der Waals surface area contributed by atoms with Gasteiger partial charge in [-0.05, 0) is 30.7 Å². The van der Waals surface area contributed by atoms with Gasteiger partial charge in [0, 0.05) is 22.4 Å². The zero-order chi connectivity index (χ0) is 18.5. The van der Waals surface area contributed by atoms with Crippen molar-refractivity contribution < 1.29 is 9.69 Å². The third-order valence-electron chi connectivity index (χ3n) is 4.52. The van der Waals surface area contributed by atoms with Crippen molar-refractivity contribution in [2.45, 2.75) is 13.0 Å². The van der Waals surface area contributed by atoms with E-state index >= 15 is 0 Å². The molecule has 8 heteroatoms. The second kappa shape index (κ2) is 8.66. The van der Waals surface area contributed by atoms with E-state index in [1.165, 1.54) is 4.90 Å². The van der Waals surface area contributed by atoms with Crippen LogP contribution in [-0.4, -0.2) is 48.6 Å². The molecule has 0 unspecified atom stereocenters. The molecule has 1 aromatic carbocycles. The molecule has 1 atom stereocenters. The zero-order valence-corrected chi connectivity index (χ0v) is 16.1. The molecule has 1 amide bonds. The number of piperazine rings is 1. The number of benzene rings is 1. The van der Waals surface area contributed by atoms with Gasteiger partial charge in [-0.2, -0.15) is 0 Å². The van der Waals surface area contributed by atoms with Crippen LogP contribution < -0.4 is 15.1 Å². The molecule has 0 saturated carbocycles. The second-order valence-electron chi connectivity index (χ2n) is 6.42. The summed E-state index contributed by atoms with van der Waals surface area (Å²) in [7, 11) is 0. The van der Waals surface area contributed by atoms with E-state index in [1.54, 1.807) is 24.5 Å². The van der Waals surface area contributed by atoms with Crippen LogP contribution in [0, 0.1) is 0 Å². The fraction of sp³-hybridized carbons (Fsp3) is 0.389. The number of amides is 1. The molecule has 1 aliphatic heterocycles. The molecule has 0 spiro atoms. The Morgan fingerprint density at radius 3 is 2.62 bits per heavy atom. The summed E-state index contributed by atoms with van der Waals surface area (Å²) >= 11 is 12.1. The molecule has 0 bridgehead atoms. The van der Waals surface area contributed by atoms with Crippen molar-refractivity contribution in [2.24, 2.45) is 0 Å². The average molecular weight is 395 g/mol. The number of rotatable bonds is 5. The lowest BCUT2D eigenvalue weighted by molar-refractivity contribution is -0.892. The molecule has 1 aromatic heterocycles. The number of halogens is 2. The van der Waals surface area contributed by atoms with E-state index in [2.05, 4.69) is 20.2 Å². The molecule has 3 rings (SSSR count). The number of hydrogen-bond donors (Lipinski definition) is 2. The van der Waals surface area contributed by atoms with Gasteiger partial charge < -0.3 is 15.1 Å². The van der Waals surface area contributed by atoms with Gasteiger partial charge in [-0.3, -0.25) is 4.79 Å². The van der Waals surface area contributed by atoms with Gasteiger partial charge in [-0.15, -0.1) is 0 Å². The van der Waals surface area contributed by atoms with Crippen LogP contribution in [0.1, 0.15) is 18.5 Å². The van der Waals surface area contributed by atoms with Crippen molar-refractivity contribution >= 4 is 35.1 Å². The molecular weight excluding hydrogens is 373 g/mol. The molecule has 6 nitrogen and oxygen atoms in total. The molecule has 2 N–H and O–H groups in total. The Morgan fingerprint density at radius 2 is 1.96 bits per heavy atom. The highest BCUT2D eigenvalue weighted by Gasteiger charge is 2.24. The Labute approximate surface area is 163 Å². The van der Waals surface area contributed by atoms with Crippen molar-refractivity contribution in [3.8, 4) is 0 Å². The van der Waals surface area contributed by atoms with Gasteiger partial charge in [0.25, 0.3) is 5.91 Å². The van der Waals surface area contributed by atoms with E-state index in [0.717, 1.165) is 37.7 Å². The van der Waals surface area contributed by atoms with Crippen molar-refractivity contribution in [2.75, 3.05) is 37.6 Å². The summed E-state index contributed by atoms with van der Waals surface area (Å²) in [6.07, 6.45) is 3.50. The molecule has 1 fully saturated rings. The SMILES string of the molecule is C[C@@H](NC(=O)C[NH+]1CCN(c2ncccn2)CC1)c1ccc(Cl)cc1Cl. The van der Waals surface area contributed by atoms with Crippen LogP contribution in [0.25, 0.3) is 0 Å². The van der Waals surface area contributed by atoms with Crippen molar-refractivity contribution in [1.29, 1.82) is 0 Å². The number of nitrogens with zero attached hydrogens (tertiary/aromatic N) is 3. The standard InChI is InChI=1S/C18H21Cl2N5O/c1-13(15-4-3-14(19)11-16(15)20)23-17(26)12-24-7-9-25(10-8-24)18-21-5-2-6-22-18/h2-6,11,13H,7-10,12H2,1H3,(H,23,26)/p+1/t13-/m1/s1. The summed E-state index contributed by atoms with van der Waals surface area (Å²) in [4.78, 5) is 24.3. The molecule has 2 aromatic rings. The molecule has 138 valence electrons. The largest absolute Gasteiger partial charge is 0.345 e. The molecular formula is C18H22Cl2N5O+. The van der Waals surface area contributed by atoms with Crippen molar-refractivity contribution in [1.82, 2.24) is 15.3 Å². The first-order valence-corrected chi connectivity index (χ1v) is 9.38. The van der Waals surface area contributed by atoms with E-state index in [9.17, 15) is 4.79 Å². The van der Waals surface area contributed by atoms with E-state index in [1.807, 2.05) is 19.1 Å². The van der Waals surface area contributed by atoms with Gasteiger partial charge in [0.1, 0.15) is 0 Å². The van der Waals surface area contributed by atoms with Gasteiger partial charge in [0.15, 0.2) is 6.54 Å². The first-order valence-electron chi connectivity index (χ1n) is 8.63.